The monoisotopic (exact) mass is 619 g/mol. The Kier molecular flexibility index (Phi) is 12.8. The van der Waals surface area contributed by atoms with Crippen molar-refractivity contribution in [2.45, 2.75) is 111 Å². The Hall–Kier alpha value is -4.32. The number of benzene rings is 2. The molecule has 2 aromatic rings. The first-order valence-electron chi connectivity index (χ1n) is 15.3. The number of carbonyl (C=O) groups excluding carboxylic acids is 4. The zero-order valence-electron chi connectivity index (χ0n) is 28.3. The topological polar surface area (TPSA) is 114 Å². The number of nitrogens with zero attached hydrogens (tertiary/aromatic N) is 1. The summed E-state index contributed by atoms with van der Waals surface area (Å²) in [6, 6.07) is 13.5. The van der Waals surface area contributed by atoms with Crippen LogP contribution in [0, 0.1) is 32.2 Å². The minimum absolute atomic E-state index is 0.154. The van der Waals surface area contributed by atoms with E-state index in [1.54, 1.807) is 60.6 Å². The molecule has 2 N–H and O–H groups in total. The van der Waals surface area contributed by atoms with Crippen LogP contribution in [0.5, 0.6) is 0 Å². The molecular formula is C36H49N3O6. The highest BCUT2D eigenvalue weighted by Crippen LogP contribution is 2.26. The molecule has 0 spiro atoms. The summed E-state index contributed by atoms with van der Waals surface area (Å²) in [7, 11) is 0. The average molecular weight is 620 g/mol. The minimum Gasteiger partial charge on any atom is -0.458 e. The largest absolute Gasteiger partial charge is 0.458 e. The number of ether oxygens (including phenoxy) is 2. The van der Waals surface area contributed by atoms with Gasteiger partial charge in [0, 0.05) is 12.5 Å². The van der Waals surface area contributed by atoms with Gasteiger partial charge >= 0.3 is 12.1 Å². The van der Waals surface area contributed by atoms with E-state index in [-0.39, 0.29) is 12.3 Å². The molecule has 4 unspecified atom stereocenters. The number of carbonyl (C=O) groups is 4. The van der Waals surface area contributed by atoms with Crippen LogP contribution in [0.3, 0.4) is 0 Å². The molecule has 9 heteroatoms. The summed E-state index contributed by atoms with van der Waals surface area (Å²) in [5, 5.41) is 5.50. The van der Waals surface area contributed by atoms with Gasteiger partial charge in [-0.15, -0.1) is 0 Å². The summed E-state index contributed by atoms with van der Waals surface area (Å²) >= 11 is 0. The van der Waals surface area contributed by atoms with Gasteiger partial charge in [-0.1, -0.05) is 75.2 Å². The lowest BCUT2D eigenvalue weighted by Crippen LogP contribution is -2.55. The third-order valence-corrected chi connectivity index (χ3v) is 7.17. The molecule has 0 aliphatic carbocycles. The normalized spacial score (nSPS) is 14.2. The highest BCUT2D eigenvalue weighted by molar-refractivity contribution is 5.95. The number of aryl methyl sites for hydroxylation is 2. The molecule has 0 saturated carbocycles. The Morgan fingerprint density at radius 2 is 1.49 bits per heavy atom. The number of hydrogen-bond acceptors (Lipinski definition) is 6. The first-order chi connectivity index (χ1) is 20.9. The van der Waals surface area contributed by atoms with Crippen molar-refractivity contribution in [1.29, 1.82) is 0 Å². The molecule has 2 aromatic carbocycles. The molecule has 0 heterocycles. The Morgan fingerprint density at radius 3 is 2.00 bits per heavy atom. The maximum atomic E-state index is 14.3. The molecule has 2 rings (SSSR count). The van der Waals surface area contributed by atoms with Crippen molar-refractivity contribution in [1.82, 2.24) is 15.5 Å². The van der Waals surface area contributed by atoms with Gasteiger partial charge in [-0.05, 0) is 83.6 Å². The van der Waals surface area contributed by atoms with Gasteiger partial charge in [0.15, 0.2) is 0 Å². The first-order valence-corrected chi connectivity index (χ1v) is 15.3. The van der Waals surface area contributed by atoms with Crippen molar-refractivity contribution >= 4 is 23.9 Å². The third kappa shape index (κ3) is 11.3. The summed E-state index contributed by atoms with van der Waals surface area (Å²) < 4.78 is 11.1. The molecule has 0 radical (unpaired) electrons. The van der Waals surface area contributed by atoms with Gasteiger partial charge in [0.25, 0.3) is 5.91 Å². The molecule has 45 heavy (non-hydrogen) atoms. The van der Waals surface area contributed by atoms with Crippen LogP contribution in [-0.4, -0.2) is 52.1 Å². The fraction of sp³-hybridized carbons (Fsp3) is 0.500. The maximum absolute atomic E-state index is 14.3. The van der Waals surface area contributed by atoms with Crippen molar-refractivity contribution in [3.63, 3.8) is 0 Å². The van der Waals surface area contributed by atoms with E-state index in [2.05, 4.69) is 16.7 Å². The third-order valence-electron chi connectivity index (χ3n) is 7.17. The quantitative estimate of drug-likeness (QED) is 0.188. The van der Waals surface area contributed by atoms with E-state index in [1.807, 2.05) is 57.2 Å². The van der Waals surface area contributed by atoms with Crippen molar-refractivity contribution in [2.24, 2.45) is 5.92 Å². The molecule has 4 atom stereocenters. The second kappa shape index (κ2) is 15.6. The van der Waals surface area contributed by atoms with Gasteiger partial charge in [0.2, 0.25) is 5.91 Å². The van der Waals surface area contributed by atoms with Gasteiger partial charge in [-0.2, -0.15) is 0 Å². The Labute approximate surface area is 268 Å². The maximum Gasteiger partial charge on any atom is 0.408 e. The Morgan fingerprint density at radius 1 is 0.889 bits per heavy atom. The summed E-state index contributed by atoms with van der Waals surface area (Å²) in [5.74, 6) is -2.30. The highest BCUT2D eigenvalue weighted by Gasteiger charge is 2.39. The SMILES string of the molecule is C#CN(C(=O)C(NC(=O)OC(C)(C)C)C(C)CC)C(C(=O)NC(Cc1ccccc1)C(=O)OC(C)(C)C)c1ccc(C)c(C)c1. The molecule has 0 aromatic heterocycles. The summed E-state index contributed by atoms with van der Waals surface area (Å²) in [5.41, 5.74) is 1.52. The molecule has 0 aliphatic heterocycles. The van der Waals surface area contributed by atoms with Crippen LogP contribution in [0.1, 0.15) is 90.1 Å². The van der Waals surface area contributed by atoms with E-state index in [9.17, 15) is 19.2 Å². The summed E-state index contributed by atoms with van der Waals surface area (Å²) in [6.45, 7) is 17.9. The minimum atomic E-state index is -1.32. The smallest absolute Gasteiger partial charge is 0.408 e. The fourth-order valence-electron chi connectivity index (χ4n) is 4.55. The second-order valence-corrected chi connectivity index (χ2v) is 13.4. The highest BCUT2D eigenvalue weighted by atomic mass is 16.6. The molecule has 0 bridgehead atoms. The number of alkyl carbamates (subject to hydrolysis) is 1. The molecular weight excluding hydrogens is 570 g/mol. The Bertz CT molecular complexity index is 1380. The molecule has 9 nitrogen and oxygen atoms in total. The molecule has 0 aliphatic rings. The van der Waals surface area contributed by atoms with Crippen molar-refractivity contribution in [3.05, 3.63) is 70.8 Å². The number of hydrogen-bond donors (Lipinski definition) is 2. The van der Waals surface area contributed by atoms with E-state index in [0.29, 0.717) is 12.0 Å². The van der Waals surface area contributed by atoms with Crippen LogP contribution in [0.15, 0.2) is 48.5 Å². The molecule has 3 amide bonds. The second-order valence-electron chi connectivity index (χ2n) is 13.4. The van der Waals surface area contributed by atoms with Crippen LogP contribution in [0.4, 0.5) is 4.79 Å². The van der Waals surface area contributed by atoms with Gasteiger partial charge < -0.3 is 20.1 Å². The molecule has 0 fully saturated rings. The zero-order valence-corrected chi connectivity index (χ0v) is 28.3. The molecule has 0 saturated heterocycles. The van der Waals surface area contributed by atoms with E-state index >= 15 is 0 Å². The molecule has 244 valence electrons. The lowest BCUT2D eigenvalue weighted by atomic mass is 9.95. The number of amides is 3. The lowest BCUT2D eigenvalue weighted by Gasteiger charge is -2.33. The van der Waals surface area contributed by atoms with Gasteiger partial charge in [0.1, 0.15) is 29.3 Å². The van der Waals surface area contributed by atoms with Crippen LogP contribution >= 0.6 is 0 Å². The van der Waals surface area contributed by atoms with Crippen LogP contribution in [0.25, 0.3) is 0 Å². The average Bonchev–Trinajstić information content (AvgIpc) is 2.93. The number of esters is 1. The van der Waals surface area contributed by atoms with Crippen LogP contribution in [-0.2, 0) is 30.3 Å². The fourth-order valence-corrected chi connectivity index (χ4v) is 4.55. The van der Waals surface area contributed by atoms with E-state index in [1.165, 1.54) is 0 Å². The van der Waals surface area contributed by atoms with Gasteiger partial charge in [0.05, 0.1) is 0 Å². The van der Waals surface area contributed by atoms with Crippen molar-refractivity contribution < 1.29 is 28.7 Å². The van der Waals surface area contributed by atoms with Crippen LogP contribution in [0.2, 0.25) is 0 Å². The van der Waals surface area contributed by atoms with Crippen molar-refractivity contribution in [3.8, 4) is 12.5 Å². The van der Waals surface area contributed by atoms with Gasteiger partial charge in [-0.3, -0.25) is 14.5 Å². The standard InChI is InChI=1S/C36H49N3O6/c1-12-23(3)29(38-34(43)45-36(9,10)11)32(41)39(13-2)30(27-20-19-24(4)25(5)21-27)31(40)37-28(33(42)44-35(6,7)8)22-26-17-15-14-16-18-26/h2,14-21,23,28-30H,12,22H2,1,3-11H3,(H,37,40)(H,38,43). The zero-order chi connectivity index (χ0) is 34.1. The summed E-state index contributed by atoms with van der Waals surface area (Å²) in [6.07, 6.45) is 5.87. The van der Waals surface area contributed by atoms with Crippen LogP contribution < -0.4 is 10.6 Å². The predicted molar refractivity (Wildman–Crippen MR) is 175 cm³/mol. The first kappa shape index (κ1) is 36.9. The number of nitrogens with one attached hydrogen (secondary N) is 2. The van der Waals surface area contributed by atoms with Crippen molar-refractivity contribution in [2.75, 3.05) is 0 Å². The Balaban J connectivity index is 2.59. The summed E-state index contributed by atoms with van der Waals surface area (Å²) in [4.78, 5) is 55.6. The van der Waals surface area contributed by atoms with E-state index in [4.69, 9.17) is 15.9 Å². The number of terminal acetylenes is 1. The lowest BCUT2D eigenvalue weighted by molar-refractivity contribution is -0.159. The predicted octanol–water partition coefficient (Wildman–Crippen LogP) is 5.77. The van der Waals surface area contributed by atoms with E-state index in [0.717, 1.165) is 21.6 Å². The number of rotatable bonds is 11. The van der Waals surface area contributed by atoms with Gasteiger partial charge in [-0.25, -0.2) is 9.59 Å². The van der Waals surface area contributed by atoms with E-state index < -0.39 is 53.2 Å².